The van der Waals surface area contributed by atoms with E-state index in [-0.39, 0.29) is 77.9 Å². The van der Waals surface area contributed by atoms with Crippen LogP contribution in [0.4, 0.5) is 9.59 Å². The normalized spacial score (nSPS) is 23.5. The molecule has 2 amide bonds. The van der Waals surface area contributed by atoms with E-state index in [1.807, 2.05) is 20.8 Å². The van der Waals surface area contributed by atoms with Gasteiger partial charge in [-0.1, -0.05) is 0 Å². The molecule has 13 heteroatoms. The maximum absolute atomic E-state index is 11.9. The zero-order valence-corrected chi connectivity index (χ0v) is 26.5. The van der Waals surface area contributed by atoms with Crippen molar-refractivity contribution in [1.82, 2.24) is 9.80 Å². The minimum absolute atomic E-state index is 0. The van der Waals surface area contributed by atoms with Crippen LogP contribution in [0, 0.1) is 23.7 Å². The number of ether oxygens (including phenoxy) is 3. The third-order valence-electron chi connectivity index (χ3n) is 6.62. The van der Waals surface area contributed by atoms with Crippen molar-refractivity contribution in [2.24, 2.45) is 23.7 Å². The van der Waals surface area contributed by atoms with Crippen LogP contribution >= 0.6 is 0 Å². The van der Waals surface area contributed by atoms with E-state index in [0.29, 0.717) is 39.2 Å². The van der Waals surface area contributed by atoms with Crippen molar-refractivity contribution < 1.29 is 78.6 Å². The summed E-state index contributed by atoms with van der Waals surface area (Å²) in [5.74, 6) is -1.53. The van der Waals surface area contributed by atoms with Crippen LogP contribution in [0.1, 0.15) is 67.2 Å². The smallest absolute Gasteiger partial charge is 0.870 e. The first kappa shape index (κ1) is 37.4. The molecule has 3 N–H and O–H groups in total. The van der Waals surface area contributed by atoms with E-state index in [1.165, 1.54) is 0 Å². The number of aliphatic carboxylic acids is 1. The minimum Gasteiger partial charge on any atom is -0.870 e. The van der Waals surface area contributed by atoms with Crippen molar-refractivity contribution in [3.8, 4) is 0 Å². The molecule has 4 unspecified atom stereocenters. The number of amides is 2. The average molecular weight is 569 g/mol. The van der Waals surface area contributed by atoms with Crippen LogP contribution < -0.4 is 29.6 Å². The summed E-state index contributed by atoms with van der Waals surface area (Å²) in [5, 5.41) is 18.0. The zero-order chi connectivity index (χ0) is 28.0. The fourth-order valence-corrected chi connectivity index (χ4v) is 4.86. The third kappa shape index (κ3) is 12.2. The Morgan fingerprint density at radius 2 is 1.46 bits per heavy atom. The van der Waals surface area contributed by atoms with Gasteiger partial charge in [0.1, 0.15) is 11.2 Å². The van der Waals surface area contributed by atoms with Crippen molar-refractivity contribution in [3.05, 3.63) is 0 Å². The van der Waals surface area contributed by atoms with Gasteiger partial charge in [-0.3, -0.25) is 9.59 Å². The molecule has 12 nitrogen and oxygen atoms in total. The topological polar surface area (TPSA) is 173 Å². The summed E-state index contributed by atoms with van der Waals surface area (Å²) in [5.41, 5.74) is -1.02. The molecule has 3 saturated heterocycles. The van der Waals surface area contributed by atoms with Gasteiger partial charge in [0, 0.05) is 32.8 Å². The van der Waals surface area contributed by atoms with Crippen molar-refractivity contribution in [1.29, 1.82) is 0 Å². The molecule has 39 heavy (non-hydrogen) atoms. The molecule has 0 saturated carbocycles. The quantitative estimate of drug-likeness (QED) is 0.260. The monoisotopic (exact) mass is 568 g/mol. The van der Waals surface area contributed by atoms with Crippen LogP contribution in [0.5, 0.6) is 0 Å². The molecule has 0 radical (unpaired) electrons. The number of carboxylic acids is 1. The SMILES string of the molecule is CC(C)(C)OC(=O)N1CCC(C(CCO)C(=O)O)C1.CC(C)(C)OC(=O)N1CCC(C2CCOC2=O)C1.[Na+].[OH-]. The van der Waals surface area contributed by atoms with Crippen LogP contribution in [0.3, 0.4) is 0 Å². The van der Waals surface area contributed by atoms with Crippen molar-refractivity contribution in [3.63, 3.8) is 0 Å². The first-order chi connectivity index (χ1) is 17.1. The molecule has 3 aliphatic heterocycles. The van der Waals surface area contributed by atoms with E-state index in [4.69, 9.17) is 24.4 Å². The Bertz CT molecular complexity index is 827. The molecule has 0 spiro atoms. The Morgan fingerprint density at radius 1 is 0.949 bits per heavy atom. The number of carbonyl (C=O) groups is 4. The Morgan fingerprint density at radius 3 is 1.90 bits per heavy atom. The summed E-state index contributed by atoms with van der Waals surface area (Å²) in [6, 6.07) is 0. The van der Waals surface area contributed by atoms with Gasteiger partial charge in [0.15, 0.2) is 0 Å². The summed E-state index contributed by atoms with van der Waals surface area (Å²) in [7, 11) is 0. The number of cyclic esters (lactones) is 1. The summed E-state index contributed by atoms with van der Waals surface area (Å²) in [4.78, 5) is 49.6. The number of hydrogen-bond donors (Lipinski definition) is 2. The second kappa shape index (κ2) is 16.0. The number of aliphatic hydroxyl groups excluding tert-OH is 1. The van der Waals surface area contributed by atoms with Gasteiger partial charge in [-0.25, -0.2) is 9.59 Å². The number of likely N-dealkylation sites (tertiary alicyclic amines) is 2. The summed E-state index contributed by atoms with van der Waals surface area (Å²) in [6.45, 7) is 13.5. The van der Waals surface area contributed by atoms with Gasteiger partial charge >= 0.3 is 53.7 Å². The molecule has 4 atom stereocenters. The molecular formula is C26H45N2NaO10. The van der Waals surface area contributed by atoms with Crippen LogP contribution in [0.15, 0.2) is 0 Å². The van der Waals surface area contributed by atoms with E-state index in [1.54, 1.807) is 30.6 Å². The summed E-state index contributed by atoms with van der Waals surface area (Å²) >= 11 is 0. The van der Waals surface area contributed by atoms with Crippen molar-refractivity contribution in [2.75, 3.05) is 39.4 Å². The molecule has 0 aromatic carbocycles. The molecular weight excluding hydrogens is 523 g/mol. The van der Waals surface area contributed by atoms with Gasteiger partial charge in [0.25, 0.3) is 0 Å². The van der Waals surface area contributed by atoms with Gasteiger partial charge in [0.2, 0.25) is 0 Å². The summed E-state index contributed by atoms with van der Waals surface area (Å²) in [6.07, 6.45) is 1.82. The number of nitrogens with zero attached hydrogens (tertiary/aromatic N) is 2. The number of hydrogen-bond acceptors (Lipinski definition) is 9. The molecule has 0 bridgehead atoms. The Hall–Kier alpha value is -1.60. The molecule has 0 aromatic heterocycles. The second-order valence-electron chi connectivity index (χ2n) is 12.0. The fraction of sp³-hybridized carbons (Fsp3) is 0.846. The van der Waals surface area contributed by atoms with Gasteiger partial charge in [-0.2, -0.15) is 0 Å². The van der Waals surface area contributed by atoms with Gasteiger partial charge in [-0.05, 0) is 79.1 Å². The maximum Gasteiger partial charge on any atom is 1.00 e. The predicted octanol–water partition coefficient (Wildman–Crippen LogP) is -0.0397. The molecule has 3 fully saturated rings. The van der Waals surface area contributed by atoms with E-state index in [9.17, 15) is 19.2 Å². The van der Waals surface area contributed by atoms with E-state index >= 15 is 0 Å². The van der Waals surface area contributed by atoms with Crippen molar-refractivity contribution in [2.45, 2.75) is 78.4 Å². The second-order valence-corrected chi connectivity index (χ2v) is 12.0. The van der Waals surface area contributed by atoms with Crippen LogP contribution in [0.2, 0.25) is 0 Å². The average Bonchev–Trinajstić information content (AvgIpc) is 3.50. The maximum atomic E-state index is 11.9. The van der Waals surface area contributed by atoms with E-state index < -0.39 is 29.2 Å². The van der Waals surface area contributed by atoms with E-state index in [2.05, 4.69) is 0 Å². The Kier molecular flexibility index (Phi) is 15.3. The minimum atomic E-state index is -0.912. The largest absolute Gasteiger partial charge is 1.00 e. The first-order valence-corrected chi connectivity index (χ1v) is 13.1. The van der Waals surface area contributed by atoms with Gasteiger partial charge < -0.3 is 39.7 Å². The molecule has 220 valence electrons. The number of carbonyl (C=O) groups excluding carboxylic acids is 3. The predicted molar refractivity (Wildman–Crippen MR) is 136 cm³/mol. The number of aliphatic hydroxyl groups is 1. The fourth-order valence-electron chi connectivity index (χ4n) is 4.86. The standard InChI is InChI=1S/C13H23NO5.C13H21NO4.Na.H2O/c1-13(2,3)19-12(18)14-6-4-9(8-14)10(5-7-15)11(16)17;1-13(2,3)18-12(16)14-6-4-9(8-14)10-5-7-17-11(10)15;;/h9-10,15H,4-8H2,1-3H3,(H,16,17);9-10H,4-8H2,1-3H3;;1H2/q;;+1;/p-1. The van der Waals surface area contributed by atoms with Crippen molar-refractivity contribution >= 4 is 24.1 Å². The molecule has 0 aromatic rings. The molecule has 3 aliphatic rings. The molecule has 3 heterocycles. The number of rotatable bonds is 5. The van der Waals surface area contributed by atoms with Crippen LogP contribution in [-0.2, 0) is 23.8 Å². The number of carboxylic acid groups (broad SMARTS) is 1. The zero-order valence-electron chi connectivity index (χ0n) is 24.5. The Labute approximate surface area is 253 Å². The van der Waals surface area contributed by atoms with Crippen LogP contribution in [-0.4, -0.2) is 100 Å². The van der Waals surface area contributed by atoms with Crippen LogP contribution in [0.25, 0.3) is 0 Å². The van der Waals surface area contributed by atoms with E-state index in [0.717, 1.165) is 12.8 Å². The third-order valence-corrected chi connectivity index (χ3v) is 6.62. The van der Waals surface area contributed by atoms with Gasteiger partial charge in [-0.15, -0.1) is 0 Å². The molecule has 3 rings (SSSR count). The Balaban J connectivity index is 0.000000705. The first-order valence-electron chi connectivity index (χ1n) is 13.1. The molecule has 0 aliphatic carbocycles. The summed E-state index contributed by atoms with van der Waals surface area (Å²) < 4.78 is 15.6. The number of esters is 1. The van der Waals surface area contributed by atoms with Gasteiger partial charge in [0.05, 0.1) is 18.4 Å².